The number of rotatable bonds is 8. The van der Waals surface area contributed by atoms with Crippen LogP contribution >= 0.6 is 0 Å². The standard InChI is InChI=1S/C10H18O4/c1-2-3-4-5-6-7-8(11)9(12)10(13)14/h8,11H,2-7H2,1H3,(H,13,14). The van der Waals surface area contributed by atoms with Crippen molar-refractivity contribution < 1.29 is 19.8 Å². The van der Waals surface area contributed by atoms with Gasteiger partial charge in [-0.05, 0) is 6.42 Å². The van der Waals surface area contributed by atoms with Crippen LogP contribution in [-0.2, 0) is 9.59 Å². The lowest BCUT2D eigenvalue weighted by molar-refractivity contribution is -0.153. The first-order chi connectivity index (χ1) is 6.59. The van der Waals surface area contributed by atoms with Crippen molar-refractivity contribution in [1.29, 1.82) is 0 Å². The Balaban J connectivity index is 3.49. The minimum absolute atomic E-state index is 0.259. The quantitative estimate of drug-likeness (QED) is 0.460. The zero-order valence-electron chi connectivity index (χ0n) is 8.53. The molecule has 0 fully saturated rings. The first-order valence-electron chi connectivity index (χ1n) is 5.04. The van der Waals surface area contributed by atoms with Crippen molar-refractivity contribution >= 4 is 11.8 Å². The summed E-state index contributed by atoms with van der Waals surface area (Å²) in [7, 11) is 0. The van der Waals surface area contributed by atoms with Gasteiger partial charge in [-0.2, -0.15) is 0 Å². The van der Waals surface area contributed by atoms with Gasteiger partial charge in [-0.25, -0.2) is 4.79 Å². The van der Waals surface area contributed by atoms with Crippen molar-refractivity contribution in [3.63, 3.8) is 0 Å². The molecule has 4 heteroatoms. The third-order valence-corrected chi connectivity index (χ3v) is 2.09. The molecule has 0 aliphatic rings. The van der Waals surface area contributed by atoms with E-state index >= 15 is 0 Å². The van der Waals surface area contributed by atoms with Gasteiger partial charge in [0.15, 0.2) is 0 Å². The second kappa shape index (κ2) is 7.50. The van der Waals surface area contributed by atoms with E-state index in [0.29, 0.717) is 6.42 Å². The molecule has 2 N–H and O–H groups in total. The molecule has 1 atom stereocenters. The average Bonchev–Trinajstić information content (AvgIpc) is 2.16. The largest absolute Gasteiger partial charge is 0.475 e. The second-order valence-electron chi connectivity index (χ2n) is 3.39. The Morgan fingerprint density at radius 1 is 1.14 bits per heavy atom. The van der Waals surface area contributed by atoms with E-state index < -0.39 is 17.9 Å². The zero-order chi connectivity index (χ0) is 11.0. The van der Waals surface area contributed by atoms with E-state index in [1.54, 1.807) is 0 Å². The number of hydrogen-bond donors (Lipinski definition) is 2. The molecule has 0 aromatic carbocycles. The van der Waals surface area contributed by atoms with Crippen LogP contribution in [0.4, 0.5) is 0 Å². The lowest BCUT2D eigenvalue weighted by Crippen LogP contribution is -2.27. The highest BCUT2D eigenvalue weighted by Gasteiger charge is 2.21. The van der Waals surface area contributed by atoms with Gasteiger partial charge in [0.1, 0.15) is 6.10 Å². The summed E-state index contributed by atoms with van der Waals surface area (Å²) in [6.45, 7) is 2.10. The van der Waals surface area contributed by atoms with Crippen LogP contribution in [0.15, 0.2) is 0 Å². The molecule has 0 aromatic rings. The van der Waals surface area contributed by atoms with Gasteiger partial charge in [-0.15, -0.1) is 0 Å². The van der Waals surface area contributed by atoms with Crippen LogP contribution in [-0.4, -0.2) is 28.1 Å². The molecule has 0 saturated heterocycles. The Hall–Kier alpha value is -0.900. The summed E-state index contributed by atoms with van der Waals surface area (Å²) < 4.78 is 0. The monoisotopic (exact) mass is 202 g/mol. The van der Waals surface area contributed by atoms with Crippen molar-refractivity contribution in [3.05, 3.63) is 0 Å². The number of aliphatic hydroxyl groups excluding tert-OH is 1. The van der Waals surface area contributed by atoms with Crippen molar-refractivity contribution in [2.24, 2.45) is 0 Å². The van der Waals surface area contributed by atoms with E-state index in [2.05, 4.69) is 6.92 Å². The Kier molecular flexibility index (Phi) is 7.02. The molecule has 14 heavy (non-hydrogen) atoms. The molecule has 0 rings (SSSR count). The van der Waals surface area contributed by atoms with Crippen LogP contribution in [0.25, 0.3) is 0 Å². The van der Waals surface area contributed by atoms with E-state index in [1.807, 2.05) is 0 Å². The van der Waals surface area contributed by atoms with E-state index in [-0.39, 0.29) is 6.42 Å². The lowest BCUT2D eigenvalue weighted by atomic mass is 10.1. The van der Waals surface area contributed by atoms with Crippen molar-refractivity contribution in [2.45, 2.75) is 51.6 Å². The molecule has 0 heterocycles. The predicted molar refractivity (Wildman–Crippen MR) is 52.0 cm³/mol. The normalized spacial score (nSPS) is 12.4. The Labute approximate surface area is 83.9 Å². The fourth-order valence-corrected chi connectivity index (χ4v) is 1.21. The maximum atomic E-state index is 10.7. The summed E-state index contributed by atoms with van der Waals surface area (Å²) in [6.07, 6.45) is 3.94. The number of carbonyl (C=O) groups excluding carboxylic acids is 1. The Morgan fingerprint density at radius 2 is 1.71 bits per heavy atom. The van der Waals surface area contributed by atoms with Gasteiger partial charge in [0, 0.05) is 0 Å². The highest BCUT2D eigenvalue weighted by molar-refractivity contribution is 6.34. The minimum Gasteiger partial charge on any atom is -0.475 e. The Morgan fingerprint density at radius 3 is 2.21 bits per heavy atom. The molecule has 0 radical (unpaired) electrons. The molecule has 0 aliphatic heterocycles. The highest BCUT2D eigenvalue weighted by Crippen LogP contribution is 2.07. The summed E-state index contributed by atoms with van der Waals surface area (Å²) in [5, 5.41) is 17.4. The molecule has 0 spiro atoms. The predicted octanol–water partition coefficient (Wildman–Crippen LogP) is 1.36. The number of carboxylic acid groups (broad SMARTS) is 1. The number of aliphatic carboxylic acids is 1. The fourth-order valence-electron chi connectivity index (χ4n) is 1.21. The van der Waals surface area contributed by atoms with Crippen molar-refractivity contribution in [2.75, 3.05) is 0 Å². The summed E-state index contributed by atoms with van der Waals surface area (Å²) in [5.74, 6) is -2.65. The maximum Gasteiger partial charge on any atom is 0.374 e. The molecule has 4 nitrogen and oxygen atoms in total. The third kappa shape index (κ3) is 5.70. The number of aliphatic hydroxyl groups is 1. The first kappa shape index (κ1) is 13.1. The van der Waals surface area contributed by atoms with Crippen LogP contribution < -0.4 is 0 Å². The molecular weight excluding hydrogens is 184 g/mol. The molecule has 0 bridgehead atoms. The number of carbonyl (C=O) groups is 2. The van der Waals surface area contributed by atoms with Gasteiger partial charge in [-0.1, -0.05) is 39.0 Å². The summed E-state index contributed by atoms with van der Waals surface area (Å²) in [6, 6.07) is 0. The molecular formula is C10H18O4. The Bertz CT molecular complexity index is 189. The van der Waals surface area contributed by atoms with Gasteiger partial charge in [0.2, 0.25) is 0 Å². The van der Waals surface area contributed by atoms with Crippen LogP contribution in [0, 0.1) is 0 Å². The van der Waals surface area contributed by atoms with Crippen LogP contribution in [0.5, 0.6) is 0 Å². The van der Waals surface area contributed by atoms with Crippen LogP contribution in [0.1, 0.15) is 45.4 Å². The number of unbranched alkanes of at least 4 members (excludes halogenated alkanes) is 4. The number of Topliss-reactive ketones (excluding diaryl/α,β-unsaturated/α-hetero) is 1. The zero-order valence-corrected chi connectivity index (χ0v) is 8.53. The van der Waals surface area contributed by atoms with Gasteiger partial charge < -0.3 is 10.2 Å². The number of hydrogen-bond acceptors (Lipinski definition) is 3. The summed E-state index contributed by atoms with van der Waals surface area (Å²) in [5.41, 5.74) is 0. The van der Waals surface area contributed by atoms with Crippen LogP contribution in [0.3, 0.4) is 0 Å². The molecule has 0 amide bonds. The highest BCUT2D eigenvalue weighted by atomic mass is 16.4. The van der Waals surface area contributed by atoms with Gasteiger partial charge in [-0.3, -0.25) is 4.79 Å². The fraction of sp³-hybridized carbons (Fsp3) is 0.800. The van der Waals surface area contributed by atoms with Crippen LogP contribution in [0.2, 0.25) is 0 Å². The molecule has 82 valence electrons. The minimum atomic E-state index is -1.55. The topological polar surface area (TPSA) is 74.6 Å². The number of carboxylic acids is 1. The van der Waals surface area contributed by atoms with E-state index in [9.17, 15) is 9.59 Å². The van der Waals surface area contributed by atoms with Gasteiger partial charge >= 0.3 is 5.97 Å². The number of ketones is 1. The van der Waals surface area contributed by atoms with Crippen molar-refractivity contribution in [1.82, 2.24) is 0 Å². The van der Waals surface area contributed by atoms with E-state index in [4.69, 9.17) is 10.2 Å². The van der Waals surface area contributed by atoms with E-state index in [1.165, 1.54) is 0 Å². The lowest BCUT2D eigenvalue weighted by Gasteiger charge is -2.05. The SMILES string of the molecule is CCCCCCCC(O)C(=O)C(=O)O. The molecule has 0 aromatic heterocycles. The third-order valence-electron chi connectivity index (χ3n) is 2.09. The van der Waals surface area contributed by atoms with Gasteiger partial charge in [0.05, 0.1) is 0 Å². The summed E-state index contributed by atoms with van der Waals surface area (Å²) >= 11 is 0. The summed E-state index contributed by atoms with van der Waals surface area (Å²) in [4.78, 5) is 20.9. The average molecular weight is 202 g/mol. The van der Waals surface area contributed by atoms with Crippen molar-refractivity contribution in [3.8, 4) is 0 Å². The second-order valence-corrected chi connectivity index (χ2v) is 3.39. The smallest absolute Gasteiger partial charge is 0.374 e. The maximum absolute atomic E-state index is 10.7. The van der Waals surface area contributed by atoms with E-state index in [0.717, 1.165) is 25.7 Å². The molecule has 0 saturated carbocycles. The van der Waals surface area contributed by atoms with Gasteiger partial charge in [0.25, 0.3) is 5.78 Å². The molecule has 1 unspecified atom stereocenters. The molecule has 0 aliphatic carbocycles. The first-order valence-corrected chi connectivity index (χ1v) is 5.04.